The summed E-state index contributed by atoms with van der Waals surface area (Å²) in [6.07, 6.45) is 0.864. The van der Waals surface area contributed by atoms with E-state index in [0.717, 1.165) is 41.0 Å². The van der Waals surface area contributed by atoms with Gasteiger partial charge in [-0.1, -0.05) is 32.0 Å². The van der Waals surface area contributed by atoms with Gasteiger partial charge in [0.05, 0.1) is 20.3 Å². The third kappa shape index (κ3) is 3.47. The molecule has 1 atom stereocenters. The molecule has 1 amide bonds. The minimum atomic E-state index is -0.988. The van der Waals surface area contributed by atoms with Gasteiger partial charge in [0.25, 0.3) is 0 Å². The first-order valence-electron chi connectivity index (χ1n) is 8.70. The van der Waals surface area contributed by atoms with Crippen LogP contribution in [0.5, 0.6) is 11.5 Å². The van der Waals surface area contributed by atoms with Crippen molar-refractivity contribution in [3.8, 4) is 22.6 Å². The summed E-state index contributed by atoms with van der Waals surface area (Å²) in [6.45, 7) is 4.22. The quantitative estimate of drug-likeness (QED) is 0.837. The number of fused-ring (bicyclic) bond motifs is 1. The lowest BCUT2D eigenvalue weighted by molar-refractivity contribution is 0.161. The fourth-order valence-corrected chi connectivity index (χ4v) is 3.68. The second-order valence-electron chi connectivity index (χ2n) is 7.39. The van der Waals surface area contributed by atoms with Crippen LogP contribution < -0.4 is 14.8 Å². The predicted molar refractivity (Wildman–Crippen MR) is 101 cm³/mol. The van der Waals surface area contributed by atoms with E-state index < -0.39 is 6.09 Å². The normalized spacial score (nSPS) is 17.9. The van der Waals surface area contributed by atoms with E-state index in [-0.39, 0.29) is 11.5 Å². The molecule has 138 valence electrons. The van der Waals surface area contributed by atoms with Crippen LogP contribution >= 0.6 is 0 Å². The predicted octanol–water partition coefficient (Wildman–Crippen LogP) is 4.65. The van der Waals surface area contributed by atoms with Gasteiger partial charge in [-0.15, -0.1) is 0 Å². The third-order valence-electron chi connectivity index (χ3n) is 5.23. The molecule has 1 aliphatic rings. The van der Waals surface area contributed by atoms with E-state index >= 15 is 0 Å². The Morgan fingerprint density at radius 1 is 1.08 bits per heavy atom. The lowest BCUT2D eigenvalue weighted by atomic mass is 9.70. The number of carboxylic acid groups (broad SMARTS) is 1. The first-order valence-corrected chi connectivity index (χ1v) is 8.70. The van der Waals surface area contributed by atoms with E-state index in [1.54, 1.807) is 14.2 Å². The topological polar surface area (TPSA) is 67.8 Å². The molecule has 0 spiro atoms. The molecule has 0 saturated carbocycles. The number of hydrogen-bond acceptors (Lipinski definition) is 3. The molecule has 2 aromatic carbocycles. The van der Waals surface area contributed by atoms with Gasteiger partial charge in [0.2, 0.25) is 0 Å². The maximum Gasteiger partial charge on any atom is 0.405 e. The average Bonchev–Trinajstić information content (AvgIpc) is 2.63. The van der Waals surface area contributed by atoms with Crippen LogP contribution in [0.3, 0.4) is 0 Å². The summed E-state index contributed by atoms with van der Waals surface area (Å²) < 4.78 is 10.7. The van der Waals surface area contributed by atoms with Crippen LogP contribution in [-0.4, -0.2) is 25.4 Å². The summed E-state index contributed by atoms with van der Waals surface area (Å²) in [5.74, 6) is 1.48. The molecule has 5 nitrogen and oxygen atoms in total. The Morgan fingerprint density at radius 3 is 2.31 bits per heavy atom. The fourth-order valence-electron chi connectivity index (χ4n) is 3.68. The SMILES string of the molecule is COc1cc(OC)cc(-c2ccc3c(c2)CCC(C)(C)C3NC(=O)O)c1. The van der Waals surface area contributed by atoms with E-state index in [0.29, 0.717) is 0 Å². The number of nitrogens with one attached hydrogen (secondary N) is 1. The number of amides is 1. The zero-order valence-corrected chi connectivity index (χ0v) is 15.6. The molecule has 0 radical (unpaired) electrons. The highest BCUT2D eigenvalue weighted by Gasteiger charge is 2.37. The molecule has 0 aliphatic heterocycles. The highest BCUT2D eigenvalue weighted by molar-refractivity contribution is 5.70. The van der Waals surface area contributed by atoms with Crippen molar-refractivity contribution in [3.05, 3.63) is 47.5 Å². The Labute approximate surface area is 153 Å². The van der Waals surface area contributed by atoms with Gasteiger partial charge in [0, 0.05) is 6.07 Å². The summed E-state index contributed by atoms with van der Waals surface area (Å²) in [6, 6.07) is 11.8. The molecule has 0 aromatic heterocycles. The molecule has 0 bridgehead atoms. The summed E-state index contributed by atoms with van der Waals surface area (Å²) in [5.41, 5.74) is 4.20. The highest BCUT2D eigenvalue weighted by Crippen LogP contribution is 2.44. The summed E-state index contributed by atoms with van der Waals surface area (Å²) in [5, 5.41) is 11.9. The van der Waals surface area contributed by atoms with Crippen molar-refractivity contribution in [2.75, 3.05) is 14.2 Å². The summed E-state index contributed by atoms with van der Waals surface area (Å²) >= 11 is 0. The largest absolute Gasteiger partial charge is 0.497 e. The molecule has 1 aliphatic carbocycles. The van der Waals surface area contributed by atoms with Crippen LogP contribution in [0, 0.1) is 5.41 Å². The number of methoxy groups -OCH3 is 2. The molecule has 5 heteroatoms. The molecular formula is C21H25NO4. The van der Waals surface area contributed by atoms with E-state index in [9.17, 15) is 9.90 Å². The van der Waals surface area contributed by atoms with Gasteiger partial charge in [-0.3, -0.25) is 0 Å². The molecule has 2 N–H and O–H groups in total. The van der Waals surface area contributed by atoms with E-state index in [1.165, 1.54) is 5.56 Å². The fraction of sp³-hybridized carbons (Fsp3) is 0.381. The molecule has 0 fully saturated rings. The molecule has 0 heterocycles. The van der Waals surface area contributed by atoms with Gasteiger partial charge in [-0.2, -0.15) is 0 Å². The number of ether oxygens (including phenoxy) is 2. The van der Waals surface area contributed by atoms with Crippen LogP contribution in [0.1, 0.15) is 37.4 Å². The van der Waals surface area contributed by atoms with Crippen LogP contribution in [-0.2, 0) is 6.42 Å². The number of benzene rings is 2. The van der Waals surface area contributed by atoms with Crippen molar-refractivity contribution in [1.82, 2.24) is 5.32 Å². The first kappa shape index (κ1) is 18.1. The Morgan fingerprint density at radius 2 is 1.73 bits per heavy atom. The van der Waals surface area contributed by atoms with Gasteiger partial charge in [0.15, 0.2) is 0 Å². The van der Waals surface area contributed by atoms with Crippen molar-refractivity contribution in [2.24, 2.45) is 5.41 Å². The minimum Gasteiger partial charge on any atom is -0.497 e. The van der Waals surface area contributed by atoms with Crippen molar-refractivity contribution in [3.63, 3.8) is 0 Å². The Bertz CT molecular complexity index is 807. The Kier molecular flexibility index (Phi) is 4.81. The zero-order valence-electron chi connectivity index (χ0n) is 15.6. The maximum absolute atomic E-state index is 11.3. The number of hydrogen-bond donors (Lipinski definition) is 2. The second kappa shape index (κ2) is 6.90. The van der Waals surface area contributed by atoms with Gasteiger partial charge in [0.1, 0.15) is 11.5 Å². The van der Waals surface area contributed by atoms with Crippen LogP contribution in [0.4, 0.5) is 4.79 Å². The van der Waals surface area contributed by atoms with Gasteiger partial charge >= 0.3 is 6.09 Å². The molecular weight excluding hydrogens is 330 g/mol. The second-order valence-corrected chi connectivity index (χ2v) is 7.39. The Hall–Kier alpha value is -2.69. The van der Waals surface area contributed by atoms with Crippen molar-refractivity contribution in [1.29, 1.82) is 0 Å². The third-order valence-corrected chi connectivity index (χ3v) is 5.23. The van der Waals surface area contributed by atoms with Gasteiger partial charge in [-0.25, -0.2) is 4.79 Å². The van der Waals surface area contributed by atoms with Crippen LogP contribution in [0.15, 0.2) is 36.4 Å². The lowest BCUT2D eigenvalue weighted by Crippen LogP contribution is -2.40. The van der Waals surface area contributed by atoms with E-state index in [4.69, 9.17) is 9.47 Å². The van der Waals surface area contributed by atoms with Crippen molar-refractivity contribution >= 4 is 6.09 Å². The van der Waals surface area contributed by atoms with Crippen LogP contribution in [0.25, 0.3) is 11.1 Å². The van der Waals surface area contributed by atoms with Gasteiger partial charge in [-0.05, 0) is 52.6 Å². The van der Waals surface area contributed by atoms with Crippen LogP contribution in [0.2, 0.25) is 0 Å². The molecule has 26 heavy (non-hydrogen) atoms. The van der Waals surface area contributed by atoms with E-state index in [2.05, 4.69) is 25.2 Å². The minimum absolute atomic E-state index is 0.119. The molecule has 1 unspecified atom stereocenters. The molecule has 3 rings (SSSR count). The standard InChI is InChI=1S/C21H25NO4/c1-21(2)8-7-14-9-13(5-6-18(14)19(21)22-20(23)24)15-10-16(25-3)12-17(11-15)26-4/h5-6,9-12,19,22H,7-8H2,1-4H3,(H,23,24). The first-order chi connectivity index (χ1) is 12.3. The highest BCUT2D eigenvalue weighted by atomic mass is 16.5. The molecule has 2 aromatic rings. The smallest absolute Gasteiger partial charge is 0.405 e. The summed E-state index contributed by atoms with van der Waals surface area (Å²) in [7, 11) is 3.27. The number of rotatable bonds is 4. The number of aryl methyl sites for hydroxylation is 1. The zero-order chi connectivity index (χ0) is 18.9. The summed E-state index contributed by atoms with van der Waals surface area (Å²) in [4.78, 5) is 11.3. The maximum atomic E-state index is 11.3. The monoisotopic (exact) mass is 355 g/mol. The lowest BCUT2D eigenvalue weighted by Gasteiger charge is -2.40. The Balaban J connectivity index is 2.03. The van der Waals surface area contributed by atoms with Gasteiger partial charge < -0.3 is 19.9 Å². The molecule has 0 saturated heterocycles. The van der Waals surface area contributed by atoms with Crippen molar-refractivity contribution < 1.29 is 19.4 Å². The average molecular weight is 355 g/mol. The van der Waals surface area contributed by atoms with E-state index in [1.807, 2.05) is 30.3 Å². The number of carbonyl (C=O) groups is 1. The van der Waals surface area contributed by atoms with Crippen molar-refractivity contribution in [2.45, 2.75) is 32.7 Å².